The van der Waals surface area contributed by atoms with E-state index < -0.39 is 0 Å². The van der Waals surface area contributed by atoms with Crippen LogP contribution >= 0.6 is 0 Å². The lowest BCUT2D eigenvalue weighted by molar-refractivity contribution is -0.0174. The van der Waals surface area contributed by atoms with Crippen molar-refractivity contribution in [3.8, 4) is 0 Å². The highest BCUT2D eigenvalue weighted by molar-refractivity contribution is 5.39. The Morgan fingerprint density at radius 1 is 1.38 bits per heavy atom. The number of anilines is 1. The monoisotopic (exact) mass is 292 g/mol. The van der Waals surface area contributed by atoms with Crippen LogP contribution in [0.5, 0.6) is 0 Å². The first-order valence-corrected chi connectivity index (χ1v) is 8.03. The minimum absolute atomic E-state index is 0.0690. The number of hydrogen-bond donors (Lipinski definition) is 3. The van der Waals surface area contributed by atoms with Crippen molar-refractivity contribution in [1.82, 2.24) is 10.4 Å². The summed E-state index contributed by atoms with van der Waals surface area (Å²) in [7, 11) is 0. The topological polar surface area (TPSA) is 86.2 Å². The number of pyridine rings is 1. The summed E-state index contributed by atoms with van der Waals surface area (Å²) in [6.07, 6.45) is 8.98. The standard InChI is InChI=1S/C16H28N4O/c1-2-21-15(12-7-4-3-5-8-12)14(20-18)11-13-9-6-10-19-16(13)17/h6,9-10,12,14-15,20H,2-5,7-8,11,18H2,1H3,(H2,17,19). The number of nitrogens with one attached hydrogen (secondary N) is 1. The van der Waals surface area contributed by atoms with Crippen LogP contribution in [0.4, 0.5) is 5.82 Å². The Morgan fingerprint density at radius 2 is 2.14 bits per heavy atom. The van der Waals surface area contributed by atoms with Gasteiger partial charge in [0.15, 0.2) is 0 Å². The highest BCUT2D eigenvalue weighted by atomic mass is 16.5. The summed E-state index contributed by atoms with van der Waals surface area (Å²) in [5.41, 5.74) is 9.94. The van der Waals surface area contributed by atoms with Crippen LogP contribution in [0, 0.1) is 5.92 Å². The molecule has 118 valence electrons. The lowest BCUT2D eigenvalue weighted by atomic mass is 9.81. The number of nitrogens with two attached hydrogens (primary N) is 2. The van der Waals surface area contributed by atoms with E-state index in [2.05, 4.69) is 10.4 Å². The Hall–Kier alpha value is -1.17. The number of hydrogen-bond acceptors (Lipinski definition) is 5. The van der Waals surface area contributed by atoms with Gasteiger partial charge in [-0.05, 0) is 43.7 Å². The predicted octanol–water partition coefficient (Wildman–Crippen LogP) is 2.02. The fourth-order valence-electron chi connectivity index (χ4n) is 3.37. The first kappa shape index (κ1) is 16.2. The maximum atomic E-state index is 6.04. The van der Waals surface area contributed by atoms with Crippen LogP contribution in [0.3, 0.4) is 0 Å². The molecule has 0 spiro atoms. The van der Waals surface area contributed by atoms with Crippen LogP contribution in [-0.2, 0) is 11.2 Å². The van der Waals surface area contributed by atoms with Gasteiger partial charge < -0.3 is 10.5 Å². The zero-order valence-corrected chi connectivity index (χ0v) is 12.9. The Kier molecular flexibility index (Phi) is 6.42. The Labute approximate surface area is 127 Å². The molecule has 0 amide bonds. The van der Waals surface area contributed by atoms with Crippen LogP contribution in [-0.4, -0.2) is 23.7 Å². The van der Waals surface area contributed by atoms with Crippen molar-refractivity contribution in [3.63, 3.8) is 0 Å². The summed E-state index contributed by atoms with van der Waals surface area (Å²) in [5.74, 6) is 6.98. The number of nitrogen functional groups attached to an aromatic ring is 1. The summed E-state index contributed by atoms with van der Waals surface area (Å²) in [6, 6.07) is 3.99. The van der Waals surface area contributed by atoms with E-state index in [1.807, 2.05) is 19.1 Å². The molecule has 1 saturated carbocycles. The van der Waals surface area contributed by atoms with E-state index in [9.17, 15) is 0 Å². The Balaban J connectivity index is 2.09. The second kappa shape index (κ2) is 8.32. The fourth-order valence-corrected chi connectivity index (χ4v) is 3.37. The van der Waals surface area contributed by atoms with E-state index in [0.717, 1.165) is 12.0 Å². The summed E-state index contributed by atoms with van der Waals surface area (Å²) in [5, 5.41) is 0. The molecule has 5 N–H and O–H groups in total. The van der Waals surface area contributed by atoms with Gasteiger partial charge in [0.25, 0.3) is 0 Å². The zero-order valence-electron chi connectivity index (χ0n) is 12.9. The van der Waals surface area contributed by atoms with Crippen molar-refractivity contribution >= 4 is 5.82 Å². The molecule has 0 radical (unpaired) electrons. The highest BCUT2D eigenvalue weighted by Crippen LogP contribution is 2.30. The number of rotatable bonds is 7. The molecular weight excluding hydrogens is 264 g/mol. The number of nitrogens with zero attached hydrogens (tertiary/aromatic N) is 1. The molecule has 1 aliphatic rings. The highest BCUT2D eigenvalue weighted by Gasteiger charge is 2.31. The van der Waals surface area contributed by atoms with Crippen LogP contribution in [0.2, 0.25) is 0 Å². The molecule has 1 heterocycles. The minimum atomic E-state index is 0.0690. The SMILES string of the molecule is CCOC(C1CCCCC1)C(Cc1cccnc1N)NN. The minimum Gasteiger partial charge on any atom is -0.383 e. The second-order valence-electron chi connectivity index (χ2n) is 5.84. The summed E-state index contributed by atoms with van der Waals surface area (Å²) in [4.78, 5) is 4.15. The fraction of sp³-hybridized carbons (Fsp3) is 0.688. The van der Waals surface area contributed by atoms with Crippen LogP contribution in [0.25, 0.3) is 0 Å². The van der Waals surface area contributed by atoms with Gasteiger partial charge in [-0.25, -0.2) is 4.98 Å². The average Bonchev–Trinajstić information content (AvgIpc) is 2.53. The summed E-state index contributed by atoms with van der Waals surface area (Å²) < 4.78 is 6.04. The quantitative estimate of drug-likeness (QED) is 0.529. The molecule has 2 atom stereocenters. The van der Waals surface area contributed by atoms with Crippen molar-refractivity contribution in [1.29, 1.82) is 0 Å². The Bertz CT molecular complexity index is 420. The lowest BCUT2D eigenvalue weighted by Crippen LogP contribution is -2.50. The lowest BCUT2D eigenvalue weighted by Gasteiger charge is -2.35. The summed E-state index contributed by atoms with van der Waals surface area (Å²) >= 11 is 0. The third-order valence-electron chi connectivity index (χ3n) is 4.45. The first-order chi connectivity index (χ1) is 10.3. The largest absolute Gasteiger partial charge is 0.383 e. The molecule has 0 aromatic carbocycles. The van der Waals surface area contributed by atoms with Crippen molar-refractivity contribution < 1.29 is 4.74 Å². The molecule has 21 heavy (non-hydrogen) atoms. The molecule has 0 saturated heterocycles. The smallest absolute Gasteiger partial charge is 0.126 e. The van der Waals surface area contributed by atoms with Crippen LogP contribution in [0.1, 0.15) is 44.6 Å². The molecule has 1 aliphatic carbocycles. The van der Waals surface area contributed by atoms with Gasteiger partial charge in [-0.2, -0.15) is 0 Å². The Morgan fingerprint density at radius 3 is 2.76 bits per heavy atom. The van der Waals surface area contributed by atoms with Crippen molar-refractivity contribution in [3.05, 3.63) is 23.9 Å². The molecule has 1 aromatic rings. The van der Waals surface area contributed by atoms with Gasteiger partial charge in [0, 0.05) is 12.8 Å². The van der Waals surface area contributed by atoms with Gasteiger partial charge in [-0.3, -0.25) is 11.3 Å². The molecule has 2 unspecified atom stereocenters. The van der Waals surface area contributed by atoms with Crippen LogP contribution in [0.15, 0.2) is 18.3 Å². The number of hydrazine groups is 1. The number of aromatic nitrogens is 1. The maximum absolute atomic E-state index is 6.04. The van der Waals surface area contributed by atoms with Crippen molar-refractivity contribution in [2.75, 3.05) is 12.3 Å². The van der Waals surface area contributed by atoms with E-state index in [1.165, 1.54) is 32.1 Å². The zero-order chi connectivity index (χ0) is 15.1. The first-order valence-electron chi connectivity index (χ1n) is 8.03. The van der Waals surface area contributed by atoms with E-state index in [4.69, 9.17) is 16.3 Å². The third-order valence-corrected chi connectivity index (χ3v) is 4.45. The molecule has 0 aliphatic heterocycles. The van der Waals surface area contributed by atoms with Gasteiger partial charge in [0.05, 0.1) is 12.1 Å². The molecule has 1 aromatic heterocycles. The van der Waals surface area contributed by atoms with Gasteiger partial charge in [0.1, 0.15) is 5.82 Å². The van der Waals surface area contributed by atoms with E-state index in [-0.39, 0.29) is 12.1 Å². The van der Waals surface area contributed by atoms with Gasteiger partial charge in [-0.15, -0.1) is 0 Å². The van der Waals surface area contributed by atoms with Gasteiger partial charge in [0.2, 0.25) is 0 Å². The number of ether oxygens (including phenoxy) is 1. The molecule has 1 fully saturated rings. The molecule has 5 nitrogen and oxygen atoms in total. The van der Waals surface area contributed by atoms with E-state index in [0.29, 0.717) is 18.3 Å². The van der Waals surface area contributed by atoms with Gasteiger partial charge >= 0.3 is 0 Å². The van der Waals surface area contributed by atoms with Crippen molar-refractivity contribution in [2.24, 2.45) is 11.8 Å². The van der Waals surface area contributed by atoms with Gasteiger partial charge in [-0.1, -0.05) is 25.3 Å². The van der Waals surface area contributed by atoms with Crippen LogP contribution < -0.4 is 17.0 Å². The third kappa shape index (κ3) is 4.40. The predicted molar refractivity (Wildman–Crippen MR) is 85.5 cm³/mol. The van der Waals surface area contributed by atoms with E-state index in [1.54, 1.807) is 6.20 Å². The normalized spacial score (nSPS) is 19.3. The average molecular weight is 292 g/mol. The maximum Gasteiger partial charge on any atom is 0.126 e. The molecular formula is C16H28N4O. The van der Waals surface area contributed by atoms with Crippen molar-refractivity contribution in [2.45, 2.75) is 57.6 Å². The molecule has 2 rings (SSSR count). The van der Waals surface area contributed by atoms with E-state index >= 15 is 0 Å². The second-order valence-corrected chi connectivity index (χ2v) is 5.84. The molecule has 0 bridgehead atoms. The molecule has 5 heteroatoms. The summed E-state index contributed by atoms with van der Waals surface area (Å²) in [6.45, 7) is 2.75.